The van der Waals surface area contributed by atoms with Crippen molar-refractivity contribution in [3.8, 4) is 0 Å². The zero-order chi connectivity index (χ0) is 8.27. The van der Waals surface area contributed by atoms with Gasteiger partial charge in [0.15, 0.2) is 5.69 Å². The van der Waals surface area contributed by atoms with E-state index >= 15 is 0 Å². The van der Waals surface area contributed by atoms with Crippen LogP contribution in [0, 0.1) is 11.8 Å². The lowest BCUT2D eigenvalue weighted by atomic mass is 10.4. The summed E-state index contributed by atoms with van der Waals surface area (Å²) in [4.78, 5) is 10.3. The van der Waals surface area contributed by atoms with E-state index in [1.54, 1.807) is 18.7 Å². The van der Waals surface area contributed by atoms with E-state index in [0.29, 0.717) is 5.69 Å². The van der Waals surface area contributed by atoms with Crippen LogP contribution in [0.3, 0.4) is 0 Å². The molecule has 0 aromatic carbocycles. The van der Waals surface area contributed by atoms with Crippen LogP contribution in [0.4, 0.5) is 5.69 Å². The van der Waals surface area contributed by atoms with Crippen LogP contribution < -0.4 is 0 Å². The molecule has 1 aromatic rings. The summed E-state index contributed by atoms with van der Waals surface area (Å²) < 4.78 is 4.96. The second-order valence-electron chi connectivity index (χ2n) is 1.93. The fourth-order valence-corrected chi connectivity index (χ4v) is 2.51. The van der Waals surface area contributed by atoms with Crippen molar-refractivity contribution < 1.29 is 0 Å². The number of nitroso groups, excluding NO2 is 1. The van der Waals surface area contributed by atoms with E-state index < -0.39 is 0 Å². The van der Waals surface area contributed by atoms with Crippen LogP contribution in [0.15, 0.2) is 9.39 Å². The minimum Gasteiger partial charge on any atom is -0.194 e. The topological polar surface area (TPSA) is 42.3 Å². The molecule has 0 aliphatic rings. The van der Waals surface area contributed by atoms with Gasteiger partial charge < -0.3 is 0 Å². The standard InChI is InChI=1S/C6H8N2OS2/c1-3-10-6-5(7-9)4(2)8-11-6/h3H2,1-2H3. The average Bonchev–Trinajstić information content (AvgIpc) is 2.33. The van der Waals surface area contributed by atoms with Gasteiger partial charge in [-0.15, -0.1) is 16.7 Å². The lowest BCUT2D eigenvalue weighted by Gasteiger charge is -1.90. The summed E-state index contributed by atoms with van der Waals surface area (Å²) in [6, 6.07) is 0. The number of aryl methyl sites for hydroxylation is 1. The van der Waals surface area contributed by atoms with Crippen molar-refractivity contribution in [3.63, 3.8) is 0 Å². The van der Waals surface area contributed by atoms with Crippen molar-refractivity contribution in [2.45, 2.75) is 18.1 Å². The van der Waals surface area contributed by atoms with Gasteiger partial charge in [-0.3, -0.25) is 0 Å². The summed E-state index contributed by atoms with van der Waals surface area (Å²) in [7, 11) is 0. The quantitative estimate of drug-likeness (QED) is 0.541. The Morgan fingerprint density at radius 3 is 3.00 bits per heavy atom. The summed E-state index contributed by atoms with van der Waals surface area (Å²) in [5.41, 5.74) is 1.25. The molecule has 11 heavy (non-hydrogen) atoms. The van der Waals surface area contributed by atoms with E-state index in [1.807, 2.05) is 6.92 Å². The first-order valence-electron chi connectivity index (χ1n) is 3.22. The molecule has 0 aliphatic heterocycles. The molecular weight excluding hydrogens is 180 g/mol. The highest BCUT2D eigenvalue weighted by atomic mass is 32.2. The van der Waals surface area contributed by atoms with E-state index in [1.165, 1.54) is 11.5 Å². The first-order chi connectivity index (χ1) is 5.29. The van der Waals surface area contributed by atoms with Crippen molar-refractivity contribution in [1.82, 2.24) is 4.37 Å². The van der Waals surface area contributed by atoms with Gasteiger partial charge in [0.25, 0.3) is 0 Å². The molecule has 0 radical (unpaired) electrons. The maximum atomic E-state index is 10.3. The molecule has 3 nitrogen and oxygen atoms in total. The Morgan fingerprint density at radius 2 is 2.45 bits per heavy atom. The fourth-order valence-electron chi connectivity index (χ4n) is 0.673. The lowest BCUT2D eigenvalue weighted by Crippen LogP contribution is -1.68. The smallest absolute Gasteiger partial charge is 0.155 e. The fraction of sp³-hybridized carbons (Fsp3) is 0.500. The van der Waals surface area contributed by atoms with Crippen molar-refractivity contribution >= 4 is 29.0 Å². The molecule has 0 spiro atoms. The average molecular weight is 188 g/mol. The molecule has 5 heteroatoms. The molecule has 0 saturated heterocycles. The van der Waals surface area contributed by atoms with Gasteiger partial charge in [-0.05, 0) is 29.4 Å². The van der Waals surface area contributed by atoms with Crippen LogP contribution in [0.5, 0.6) is 0 Å². The van der Waals surface area contributed by atoms with Crippen LogP contribution in [-0.2, 0) is 0 Å². The zero-order valence-electron chi connectivity index (χ0n) is 6.33. The van der Waals surface area contributed by atoms with Crippen LogP contribution >= 0.6 is 23.3 Å². The Bertz CT molecular complexity index is 259. The first kappa shape index (κ1) is 8.67. The monoisotopic (exact) mass is 188 g/mol. The van der Waals surface area contributed by atoms with Crippen LogP contribution in [0.25, 0.3) is 0 Å². The predicted molar refractivity (Wildman–Crippen MR) is 48.7 cm³/mol. The third-order valence-electron chi connectivity index (χ3n) is 1.17. The highest BCUT2D eigenvalue weighted by molar-refractivity contribution is 8.01. The molecule has 0 amide bonds. The lowest BCUT2D eigenvalue weighted by molar-refractivity contribution is 1.29. The van der Waals surface area contributed by atoms with Crippen LogP contribution in [0.2, 0.25) is 0 Å². The maximum Gasteiger partial charge on any atom is 0.155 e. The number of hydrogen-bond donors (Lipinski definition) is 0. The van der Waals surface area contributed by atoms with E-state index in [-0.39, 0.29) is 0 Å². The van der Waals surface area contributed by atoms with Gasteiger partial charge in [0, 0.05) is 0 Å². The number of rotatable bonds is 3. The SMILES string of the molecule is CCSc1snc(C)c1N=O. The van der Waals surface area contributed by atoms with Crippen molar-refractivity contribution in [3.05, 3.63) is 10.6 Å². The second-order valence-corrected chi connectivity index (χ2v) is 4.23. The summed E-state index contributed by atoms with van der Waals surface area (Å²) in [5.74, 6) is 0.949. The van der Waals surface area contributed by atoms with Gasteiger partial charge in [0.05, 0.1) is 5.69 Å². The minimum atomic E-state index is 0.516. The second kappa shape index (κ2) is 3.82. The predicted octanol–water partition coefficient (Wildman–Crippen LogP) is 2.96. The van der Waals surface area contributed by atoms with Crippen LogP contribution in [-0.4, -0.2) is 10.1 Å². The molecule has 0 fully saturated rings. The molecule has 60 valence electrons. The molecule has 0 saturated carbocycles. The Labute approximate surface area is 73.3 Å². The van der Waals surface area contributed by atoms with E-state index in [4.69, 9.17) is 0 Å². The van der Waals surface area contributed by atoms with Crippen molar-refractivity contribution in [2.24, 2.45) is 5.18 Å². The minimum absolute atomic E-state index is 0.516. The molecule has 0 aliphatic carbocycles. The maximum absolute atomic E-state index is 10.3. The zero-order valence-corrected chi connectivity index (χ0v) is 7.96. The van der Waals surface area contributed by atoms with Gasteiger partial charge in [0.1, 0.15) is 4.21 Å². The van der Waals surface area contributed by atoms with Crippen molar-refractivity contribution in [1.29, 1.82) is 0 Å². The molecule has 1 rings (SSSR count). The summed E-state index contributed by atoms with van der Waals surface area (Å²) in [6.07, 6.45) is 0. The summed E-state index contributed by atoms with van der Waals surface area (Å²) >= 11 is 2.95. The van der Waals surface area contributed by atoms with Gasteiger partial charge in [0.2, 0.25) is 0 Å². The van der Waals surface area contributed by atoms with Gasteiger partial charge in [-0.25, -0.2) is 0 Å². The summed E-state index contributed by atoms with van der Waals surface area (Å²) in [5, 5.41) is 2.93. The van der Waals surface area contributed by atoms with E-state index in [2.05, 4.69) is 9.55 Å². The van der Waals surface area contributed by atoms with Gasteiger partial charge in [-0.2, -0.15) is 4.37 Å². The molecule has 0 bridgehead atoms. The summed E-state index contributed by atoms with van der Waals surface area (Å²) in [6.45, 7) is 3.83. The van der Waals surface area contributed by atoms with E-state index in [0.717, 1.165) is 15.7 Å². The van der Waals surface area contributed by atoms with Gasteiger partial charge in [-0.1, -0.05) is 6.92 Å². The number of thioether (sulfide) groups is 1. The Balaban J connectivity index is 2.95. The molecule has 1 heterocycles. The van der Waals surface area contributed by atoms with Gasteiger partial charge >= 0.3 is 0 Å². The largest absolute Gasteiger partial charge is 0.194 e. The Morgan fingerprint density at radius 1 is 1.73 bits per heavy atom. The molecule has 0 unspecified atom stereocenters. The van der Waals surface area contributed by atoms with E-state index in [9.17, 15) is 4.91 Å². The number of nitrogens with zero attached hydrogens (tertiary/aromatic N) is 2. The van der Waals surface area contributed by atoms with Crippen molar-refractivity contribution in [2.75, 3.05) is 5.75 Å². The number of hydrogen-bond acceptors (Lipinski definition) is 5. The Kier molecular flexibility index (Phi) is 3.02. The van der Waals surface area contributed by atoms with Crippen LogP contribution in [0.1, 0.15) is 12.6 Å². The third kappa shape index (κ3) is 1.78. The number of aromatic nitrogens is 1. The normalized spacial score (nSPS) is 10.0. The molecule has 0 atom stereocenters. The third-order valence-corrected chi connectivity index (χ3v) is 3.21. The first-order valence-corrected chi connectivity index (χ1v) is 4.98. The molecule has 0 N–H and O–H groups in total. The Hall–Kier alpha value is -0.420. The highest BCUT2D eigenvalue weighted by Gasteiger charge is 2.09. The highest BCUT2D eigenvalue weighted by Crippen LogP contribution is 2.35. The molecule has 1 aromatic heterocycles. The molecular formula is C6H8N2OS2.